The highest BCUT2D eigenvalue weighted by Gasteiger charge is 2.36. The first-order valence-corrected chi connectivity index (χ1v) is 9.28. The van der Waals surface area contributed by atoms with Crippen LogP contribution in [-0.4, -0.2) is 59.4 Å². The van der Waals surface area contributed by atoms with Gasteiger partial charge in [0.2, 0.25) is 5.91 Å². The summed E-state index contributed by atoms with van der Waals surface area (Å²) in [5.41, 5.74) is 0.102. The summed E-state index contributed by atoms with van der Waals surface area (Å²) < 4.78 is 13.2. The largest absolute Gasteiger partial charge is 0.388 e. The molecule has 1 aromatic carbocycles. The van der Waals surface area contributed by atoms with Gasteiger partial charge in [0, 0.05) is 45.6 Å². The van der Waals surface area contributed by atoms with Crippen molar-refractivity contribution in [3.63, 3.8) is 0 Å². The van der Waals surface area contributed by atoms with Gasteiger partial charge in [0.15, 0.2) is 0 Å². The van der Waals surface area contributed by atoms with E-state index in [9.17, 15) is 19.1 Å². The third-order valence-electron chi connectivity index (χ3n) is 5.24. The predicted octanol–water partition coefficient (Wildman–Crippen LogP) is 2.54. The van der Waals surface area contributed by atoms with Gasteiger partial charge in [-0.2, -0.15) is 0 Å². The highest BCUT2D eigenvalue weighted by molar-refractivity contribution is 5.75. The molecule has 6 heteroatoms. The van der Waals surface area contributed by atoms with E-state index in [2.05, 4.69) is 4.90 Å². The molecule has 2 rings (SSSR count). The number of rotatable bonds is 8. The number of carbonyl (C=O) groups is 2. The van der Waals surface area contributed by atoms with E-state index in [0.29, 0.717) is 51.7 Å². The van der Waals surface area contributed by atoms with Gasteiger partial charge in [0.05, 0.1) is 5.60 Å². The molecule has 0 spiro atoms. The van der Waals surface area contributed by atoms with Crippen LogP contribution in [0.5, 0.6) is 0 Å². The van der Waals surface area contributed by atoms with Crippen LogP contribution in [0, 0.1) is 5.82 Å². The van der Waals surface area contributed by atoms with E-state index in [-0.39, 0.29) is 17.8 Å². The summed E-state index contributed by atoms with van der Waals surface area (Å²) in [6, 6.07) is 6.43. The fourth-order valence-corrected chi connectivity index (χ4v) is 3.68. The lowest BCUT2D eigenvalue weighted by Gasteiger charge is -2.43. The first-order chi connectivity index (χ1) is 12.4. The van der Waals surface area contributed by atoms with Crippen molar-refractivity contribution in [2.45, 2.75) is 50.7 Å². The molecule has 1 fully saturated rings. The standard InChI is InChI=1S/C20H29FN2O3/c1-3-19(25)22(2)15-20(26)10-12-23(13-11-20)18(5-4-14-24)16-6-8-17(21)9-7-16/h6-9,14,18,26H,3-5,10-13,15H2,1-2H3. The third-order valence-corrected chi connectivity index (χ3v) is 5.24. The number of amides is 1. The average Bonchev–Trinajstić information content (AvgIpc) is 2.63. The second-order valence-electron chi connectivity index (χ2n) is 7.18. The molecule has 0 bridgehead atoms. The first kappa shape index (κ1) is 20.5. The van der Waals surface area contributed by atoms with E-state index < -0.39 is 5.60 Å². The Balaban J connectivity index is 2.03. The number of aliphatic hydroxyl groups is 1. The van der Waals surface area contributed by atoms with Crippen LogP contribution in [-0.2, 0) is 9.59 Å². The van der Waals surface area contributed by atoms with Crippen molar-refractivity contribution < 1.29 is 19.1 Å². The molecule has 1 aliphatic heterocycles. The van der Waals surface area contributed by atoms with Crippen LogP contribution in [0.1, 0.15) is 50.6 Å². The Kier molecular flexibility index (Phi) is 7.29. The number of hydrogen-bond acceptors (Lipinski definition) is 4. The highest BCUT2D eigenvalue weighted by Crippen LogP contribution is 2.32. The van der Waals surface area contributed by atoms with Crippen LogP contribution >= 0.6 is 0 Å². The predicted molar refractivity (Wildman–Crippen MR) is 98.1 cm³/mol. The molecule has 1 aromatic rings. The first-order valence-electron chi connectivity index (χ1n) is 9.28. The van der Waals surface area contributed by atoms with Crippen LogP contribution in [0.15, 0.2) is 24.3 Å². The number of carbonyl (C=O) groups excluding carboxylic acids is 2. The monoisotopic (exact) mass is 364 g/mol. The van der Waals surface area contributed by atoms with Crippen molar-refractivity contribution >= 4 is 12.2 Å². The molecule has 1 atom stereocenters. The van der Waals surface area contributed by atoms with Gasteiger partial charge in [0.1, 0.15) is 12.1 Å². The van der Waals surface area contributed by atoms with Crippen molar-refractivity contribution in [2.75, 3.05) is 26.7 Å². The minimum atomic E-state index is -0.881. The molecule has 1 heterocycles. The Morgan fingerprint density at radius 2 is 1.96 bits per heavy atom. The topological polar surface area (TPSA) is 60.9 Å². The van der Waals surface area contributed by atoms with Crippen molar-refractivity contribution in [2.24, 2.45) is 0 Å². The van der Waals surface area contributed by atoms with Crippen LogP contribution in [0.2, 0.25) is 0 Å². The van der Waals surface area contributed by atoms with Crippen molar-refractivity contribution in [1.82, 2.24) is 9.80 Å². The minimum absolute atomic E-state index is 0.0241. The van der Waals surface area contributed by atoms with E-state index in [0.717, 1.165) is 11.8 Å². The third kappa shape index (κ3) is 5.35. The Morgan fingerprint density at radius 1 is 1.35 bits per heavy atom. The van der Waals surface area contributed by atoms with Crippen molar-refractivity contribution in [1.29, 1.82) is 0 Å². The molecule has 26 heavy (non-hydrogen) atoms. The molecule has 144 valence electrons. The molecule has 0 saturated carbocycles. The Hall–Kier alpha value is -1.79. The normalized spacial score (nSPS) is 18.3. The van der Waals surface area contributed by atoms with E-state index in [1.54, 1.807) is 24.1 Å². The number of benzene rings is 1. The number of likely N-dealkylation sites (N-methyl/N-ethyl adjacent to an activating group) is 1. The quantitative estimate of drug-likeness (QED) is 0.720. The second-order valence-corrected chi connectivity index (χ2v) is 7.18. The molecule has 1 aliphatic rings. The number of hydrogen-bond donors (Lipinski definition) is 1. The molecular formula is C20H29FN2O3. The fourth-order valence-electron chi connectivity index (χ4n) is 3.68. The smallest absolute Gasteiger partial charge is 0.222 e. The highest BCUT2D eigenvalue weighted by atomic mass is 19.1. The molecule has 5 nitrogen and oxygen atoms in total. The zero-order valence-electron chi connectivity index (χ0n) is 15.7. The molecule has 1 N–H and O–H groups in total. The van der Waals surface area contributed by atoms with Gasteiger partial charge >= 0.3 is 0 Å². The summed E-state index contributed by atoms with van der Waals surface area (Å²) in [5.74, 6) is -0.254. The van der Waals surface area contributed by atoms with E-state index in [1.807, 2.05) is 6.92 Å². The molecule has 0 radical (unpaired) electrons. The fraction of sp³-hybridized carbons (Fsp3) is 0.600. The molecule has 1 unspecified atom stereocenters. The molecular weight excluding hydrogens is 335 g/mol. The van der Waals surface area contributed by atoms with Crippen LogP contribution < -0.4 is 0 Å². The summed E-state index contributed by atoms with van der Waals surface area (Å²) in [4.78, 5) is 26.4. The number of aldehydes is 1. The van der Waals surface area contributed by atoms with Gasteiger partial charge in [-0.25, -0.2) is 4.39 Å². The molecule has 0 aromatic heterocycles. The lowest BCUT2D eigenvalue weighted by Crippen LogP contribution is -2.51. The number of halogens is 1. The van der Waals surface area contributed by atoms with Gasteiger partial charge in [-0.15, -0.1) is 0 Å². The van der Waals surface area contributed by atoms with Gasteiger partial charge < -0.3 is 14.8 Å². The van der Waals surface area contributed by atoms with Crippen LogP contribution in [0.25, 0.3) is 0 Å². The van der Waals surface area contributed by atoms with Crippen molar-refractivity contribution in [3.05, 3.63) is 35.6 Å². The number of piperidine rings is 1. The van der Waals surface area contributed by atoms with Gasteiger partial charge in [-0.1, -0.05) is 19.1 Å². The van der Waals surface area contributed by atoms with E-state index in [4.69, 9.17) is 0 Å². The second kappa shape index (κ2) is 9.24. The van der Waals surface area contributed by atoms with Gasteiger partial charge in [0.25, 0.3) is 0 Å². The summed E-state index contributed by atoms with van der Waals surface area (Å²) in [6.45, 7) is 3.49. The maximum Gasteiger partial charge on any atom is 0.222 e. The van der Waals surface area contributed by atoms with Crippen LogP contribution in [0.3, 0.4) is 0 Å². The zero-order chi connectivity index (χ0) is 19.2. The zero-order valence-corrected chi connectivity index (χ0v) is 15.7. The minimum Gasteiger partial charge on any atom is -0.388 e. The summed E-state index contributed by atoms with van der Waals surface area (Å²) >= 11 is 0. The van der Waals surface area contributed by atoms with Gasteiger partial charge in [-0.05, 0) is 37.0 Å². The SMILES string of the molecule is CCC(=O)N(C)CC1(O)CCN(C(CCC=O)c2ccc(F)cc2)CC1. The summed E-state index contributed by atoms with van der Waals surface area (Å²) in [5, 5.41) is 10.8. The van der Waals surface area contributed by atoms with Crippen molar-refractivity contribution in [3.8, 4) is 0 Å². The summed E-state index contributed by atoms with van der Waals surface area (Å²) in [7, 11) is 1.72. The Morgan fingerprint density at radius 3 is 2.50 bits per heavy atom. The molecule has 1 amide bonds. The molecule has 0 aliphatic carbocycles. The number of likely N-dealkylation sites (tertiary alicyclic amines) is 1. The average molecular weight is 364 g/mol. The lowest BCUT2D eigenvalue weighted by molar-refractivity contribution is -0.134. The van der Waals surface area contributed by atoms with Gasteiger partial charge in [-0.3, -0.25) is 9.69 Å². The summed E-state index contributed by atoms with van der Waals surface area (Å²) in [6.07, 6.45) is 3.57. The lowest BCUT2D eigenvalue weighted by atomic mass is 9.88. The molecule has 1 saturated heterocycles. The van der Waals surface area contributed by atoms with E-state index in [1.165, 1.54) is 12.1 Å². The Bertz CT molecular complexity index is 598. The number of nitrogens with zero attached hydrogens (tertiary/aromatic N) is 2. The maximum atomic E-state index is 13.2. The van der Waals surface area contributed by atoms with E-state index >= 15 is 0 Å². The van der Waals surface area contributed by atoms with Crippen LogP contribution in [0.4, 0.5) is 4.39 Å². The maximum absolute atomic E-state index is 13.2. The Labute approximate surface area is 154 Å².